The van der Waals surface area contributed by atoms with Gasteiger partial charge in [-0.1, -0.05) is 24.3 Å². The number of hydrogen-bond donors (Lipinski definition) is 1. The Hall–Kier alpha value is -2.46. The van der Waals surface area contributed by atoms with E-state index < -0.39 is 12.2 Å². The third-order valence-electron chi connectivity index (χ3n) is 4.20. The first kappa shape index (κ1) is 10.3. The first-order valence-electron chi connectivity index (χ1n) is 6.53. The number of nitrogens with one attached hydrogen (secondary N) is 1. The molecule has 1 saturated heterocycles. The molecule has 1 aliphatic heterocycles. The highest BCUT2D eigenvalue weighted by Gasteiger charge is 2.55. The number of para-hydroxylation sites is 1. The van der Waals surface area contributed by atoms with Crippen LogP contribution in [0.3, 0.4) is 0 Å². The lowest BCUT2D eigenvalue weighted by Gasteiger charge is -2.11. The van der Waals surface area contributed by atoms with Gasteiger partial charge in [-0.05, 0) is 12.1 Å². The lowest BCUT2D eigenvalue weighted by molar-refractivity contribution is 0.0923. The summed E-state index contributed by atoms with van der Waals surface area (Å²) in [4.78, 5) is 27.8. The van der Waals surface area contributed by atoms with Crippen molar-refractivity contribution < 1.29 is 14.3 Å². The van der Waals surface area contributed by atoms with Crippen molar-refractivity contribution in [1.29, 1.82) is 0 Å². The number of ketones is 2. The topological polar surface area (TPSA) is 62.5 Å². The SMILES string of the molecule is O=C1c2ccc3c([nH]c4ccccc43)c2C(=O)C2OC12. The molecule has 4 nitrogen and oxygen atoms in total. The zero-order valence-electron chi connectivity index (χ0n) is 10.3. The molecule has 2 aromatic carbocycles. The molecule has 1 N–H and O–H groups in total. The molecule has 4 heteroatoms. The van der Waals surface area contributed by atoms with E-state index in [1.54, 1.807) is 6.07 Å². The Morgan fingerprint density at radius 3 is 2.60 bits per heavy atom. The minimum absolute atomic E-state index is 0.0786. The average molecular weight is 263 g/mol. The number of hydrogen-bond acceptors (Lipinski definition) is 3. The highest BCUT2D eigenvalue weighted by Crippen LogP contribution is 2.40. The maximum absolute atomic E-state index is 12.4. The number of benzene rings is 2. The largest absolute Gasteiger partial charge is 0.354 e. The summed E-state index contributed by atoms with van der Waals surface area (Å²) in [6.45, 7) is 0. The second kappa shape index (κ2) is 3.16. The van der Waals surface area contributed by atoms with Gasteiger partial charge < -0.3 is 9.72 Å². The van der Waals surface area contributed by atoms with Crippen LogP contribution in [0.25, 0.3) is 21.8 Å². The molecule has 0 amide bonds. The minimum Gasteiger partial charge on any atom is -0.354 e. The lowest BCUT2D eigenvalue weighted by atomic mass is 9.88. The maximum Gasteiger partial charge on any atom is 0.197 e. The molecule has 2 atom stereocenters. The van der Waals surface area contributed by atoms with Crippen LogP contribution in [0, 0.1) is 0 Å². The zero-order chi connectivity index (χ0) is 13.4. The average Bonchev–Trinajstić information content (AvgIpc) is 3.19. The van der Waals surface area contributed by atoms with Crippen molar-refractivity contribution in [2.75, 3.05) is 0 Å². The molecule has 0 spiro atoms. The number of carbonyl (C=O) groups excluding carboxylic acids is 2. The predicted molar refractivity (Wildman–Crippen MR) is 73.1 cm³/mol. The number of ether oxygens (including phenoxy) is 1. The normalized spacial score (nSPS) is 24.0. The first-order chi connectivity index (χ1) is 9.75. The quantitative estimate of drug-likeness (QED) is 0.634. The second-order valence-electron chi connectivity index (χ2n) is 5.29. The highest BCUT2D eigenvalue weighted by atomic mass is 16.6. The van der Waals surface area contributed by atoms with Crippen LogP contribution in [0.15, 0.2) is 36.4 Å². The summed E-state index contributed by atoms with van der Waals surface area (Å²) in [5, 5.41) is 2.03. The molecular weight excluding hydrogens is 254 g/mol. The third-order valence-corrected chi connectivity index (χ3v) is 4.20. The fourth-order valence-corrected chi connectivity index (χ4v) is 3.19. The third kappa shape index (κ3) is 1.07. The van der Waals surface area contributed by atoms with E-state index in [2.05, 4.69) is 4.98 Å². The van der Waals surface area contributed by atoms with E-state index in [0.717, 1.165) is 21.8 Å². The van der Waals surface area contributed by atoms with Crippen LogP contribution >= 0.6 is 0 Å². The first-order valence-corrected chi connectivity index (χ1v) is 6.53. The van der Waals surface area contributed by atoms with Gasteiger partial charge in [-0.15, -0.1) is 0 Å². The van der Waals surface area contributed by atoms with E-state index in [4.69, 9.17) is 4.74 Å². The Labute approximate surface area is 113 Å². The van der Waals surface area contributed by atoms with Crippen LogP contribution in [0.1, 0.15) is 20.7 Å². The molecule has 1 fully saturated rings. The van der Waals surface area contributed by atoms with Crippen LogP contribution in [-0.4, -0.2) is 28.8 Å². The van der Waals surface area contributed by atoms with E-state index in [-0.39, 0.29) is 11.6 Å². The Balaban J connectivity index is 1.97. The van der Waals surface area contributed by atoms with Gasteiger partial charge in [-0.2, -0.15) is 0 Å². The molecule has 2 aliphatic rings. The van der Waals surface area contributed by atoms with Gasteiger partial charge in [0, 0.05) is 21.9 Å². The van der Waals surface area contributed by atoms with Gasteiger partial charge in [0.15, 0.2) is 23.8 Å². The number of fused-ring (bicyclic) bond motifs is 6. The molecule has 0 radical (unpaired) electrons. The van der Waals surface area contributed by atoms with Crippen molar-refractivity contribution in [3.8, 4) is 0 Å². The number of epoxide rings is 1. The number of H-pyrrole nitrogens is 1. The van der Waals surface area contributed by atoms with Crippen molar-refractivity contribution in [2.45, 2.75) is 12.2 Å². The van der Waals surface area contributed by atoms with Gasteiger partial charge in [0.1, 0.15) is 0 Å². The summed E-state index contributed by atoms with van der Waals surface area (Å²) < 4.78 is 5.19. The van der Waals surface area contributed by atoms with Crippen molar-refractivity contribution in [3.63, 3.8) is 0 Å². The molecule has 3 aromatic rings. The van der Waals surface area contributed by atoms with Crippen LogP contribution in [0.4, 0.5) is 0 Å². The monoisotopic (exact) mass is 263 g/mol. The van der Waals surface area contributed by atoms with Crippen LogP contribution < -0.4 is 0 Å². The molecule has 0 bridgehead atoms. The fraction of sp³-hybridized carbons (Fsp3) is 0.125. The molecule has 20 heavy (non-hydrogen) atoms. The summed E-state index contributed by atoms with van der Waals surface area (Å²) in [7, 11) is 0. The molecule has 5 rings (SSSR count). The molecular formula is C16H9NO3. The Morgan fingerprint density at radius 1 is 0.900 bits per heavy atom. The second-order valence-corrected chi connectivity index (χ2v) is 5.29. The van der Waals surface area contributed by atoms with Gasteiger partial charge in [0.05, 0.1) is 11.1 Å². The number of aromatic nitrogens is 1. The van der Waals surface area contributed by atoms with Gasteiger partial charge in [0.25, 0.3) is 0 Å². The van der Waals surface area contributed by atoms with Crippen molar-refractivity contribution in [2.24, 2.45) is 0 Å². The summed E-state index contributed by atoms with van der Waals surface area (Å²) in [6, 6.07) is 11.5. The molecule has 2 unspecified atom stereocenters. The molecule has 1 aliphatic carbocycles. The predicted octanol–water partition coefficient (Wildman–Crippen LogP) is 2.47. The van der Waals surface area contributed by atoms with E-state index in [9.17, 15) is 9.59 Å². The summed E-state index contributed by atoms with van der Waals surface area (Å²) in [5.41, 5.74) is 2.68. The fourth-order valence-electron chi connectivity index (χ4n) is 3.19. The van der Waals surface area contributed by atoms with Gasteiger partial charge in [0.2, 0.25) is 0 Å². The van der Waals surface area contributed by atoms with Crippen molar-refractivity contribution in [3.05, 3.63) is 47.5 Å². The van der Waals surface area contributed by atoms with Gasteiger partial charge >= 0.3 is 0 Å². The zero-order valence-corrected chi connectivity index (χ0v) is 10.3. The van der Waals surface area contributed by atoms with E-state index in [1.165, 1.54) is 0 Å². The molecule has 96 valence electrons. The Bertz CT molecular complexity index is 937. The van der Waals surface area contributed by atoms with Crippen molar-refractivity contribution in [1.82, 2.24) is 4.98 Å². The van der Waals surface area contributed by atoms with Crippen LogP contribution in [0.5, 0.6) is 0 Å². The number of rotatable bonds is 0. The maximum atomic E-state index is 12.4. The number of aromatic amines is 1. The Kier molecular flexibility index (Phi) is 1.64. The number of Topliss-reactive ketones (excluding diaryl/α,β-unsaturated/α-hetero) is 2. The van der Waals surface area contributed by atoms with Crippen LogP contribution in [-0.2, 0) is 4.74 Å². The smallest absolute Gasteiger partial charge is 0.197 e. The molecule has 2 heterocycles. The summed E-state index contributed by atoms with van der Waals surface area (Å²) in [6.07, 6.45) is -1.11. The lowest BCUT2D eigenvalue weighted by Crippen LogP contribution is -2.26. The van der Waals surface area contributed by atoms with Gasteiger partial charge in [-0.3, -0.25) is 9.59 Å². The summed E-state index contributed by atoms with van der Waals surface area (Å²) in [5.74, 6) is -0.160. The van der Waals surface area contributed by atoms with E-state index >= 15 is 0 Å². The van der Waals surface area contributed by atoms with E-state index in [1.807, 2.05) is 30.3 Å². The standard InChI is InChI=1S/C16H9NO3/c18-13-9-6-5-8-7-3-1-2-4-10(7)17-12(8)11(9)14(19)16-15(13)20-16/h1-6,15-17H. The van der Waals surface area contributed by atoms with Crippen LogP contribution in [0.2, 0.25) is 0 Å². The Morgan fingerprint density at radius 2 is 1.70 bits per heavy atom. The summed E-state index contributed by atoms with van der Waals surface area (Å²) >= 11 is 0. The minimum atomic E-state index is -0.563. The number of carbonyl (C=O) groups is 2. The van der Waals surface area contributed by atoms with E-state index in [0.29, 0.717) is 11.1 Å². The van der Waals surface area contributed by atoms with Crippen molar-refractivity contribution >= 4 is 33.4 Å². The highest BCUT2D eigenvalue weighted by molar-refractivity contribution is 6.27. The molecule has 1 aromatic heterocycles. The van der Waals surface area contributed by atoms with Gasteiger partial charge in [-0.25, -0.2) is 0 Å². The molecule has 0 saturated carbocycles.